The van der Waals surface area contributed by atoms with Gasteiger partial charge >= 0.3 is 6.09 Å². The summed E-state index contributed by atoms with van der Waals surface area (Å²) in [6.07, 6.45) is 1.33. The Balaban J connectivity index is 2.20. The number of nitrogens with zero attached hydrogens (tertiary/aromatic N) is 4. The van der Waals surface area contributed by atoms with Crippen LogP contribution in [0.1, 0.15) is 60.1 Å². The fraction of sp³-hybridized carbons (Fsp3) is 0.667. The second kappa shape index (κ2) is 9.20. The van der Waals surface area contributed by atoms with Crippen molar-refractivity contribution in [1.82, 2.24) is 14.8 Å². The van der Waals surface area contributed by atoms with Gasteiger partial charge in [0.2, 0.25) is 5.91 Å². The topological polar surface area (TPSA) is 66.0 Å². The molecule has 2 amide bonds. The summed E-state index contributed by atoms with van der Waals surface area (Å²) in [5.41, 5.74) is 0.397. The van der Waals surface area contributed by atoms with Crippen LogP contribution in [0.25, 0.3) is 0 Å². The molecule has 1 fully saturated rings. The van der Waals surface area contributed by atoms with E-state index in [1.54, 1.807) is 18.0 Å². The summed E-state index contributed by atoms with van der Waals surface area (Å²) in [6.45, 7) is 15.5. The zero-order chi connectivity index (χ0) is 21.9. The average Bonchev–Trinajstić information content (AvgIpc) is 2.59. The van der Waals surface area contributed by atoms with Gasteiger partial charge in [0.15, 0.2) is 0 Å². The molecule has 1 saturated heterocycles. The third kappa shape index (κ3) is 5.98. The largest absolute Gasteiger partial charge is 0.444 e. The number of ether oxygens (including phenoxy) is 1. The van der Waals surface area contributed by atoms with Gasteiger partial charge in [-0.25, -0.2) is 9.78 Å². The number of rotatable bonds is 4. The summed E-state index contributed by atoms with van der Waals surface area (Å²) in [5.74, 6) is 0.811. The second-order valence-electron chi connectivity index (χ2n) is 8.72. The van der Waals surface area contributed by atoms with Gasteiger partial charge in [-0.3, -0.25) is 4.79 Å². The molecule has 0 spiro atoms. The second-order valence-corrected chi connectivity index (χ2v) is 9.15. The predicted molar refractivity (Wildman–Crippen MR) is 115 cm³/mol. The molecule has 29 heavy (non-hydrogen) atoms. The summed E-state index contributed by atoms with van der Waals surface area (Å²) in [7, 11) is 0. The van der Waals surface area contributed by atoms with Crippen LogP contribution in [-0.4, -0.2) is 64.6 Å². The maximum Gasteiger partial charge on any atom is 0.410 e. The number of pyridine rings is 1. The molecule has 2 heterocycles. The molecule has 0 aromatic carbocycles. The van der Waals surface area contributed by atoms with Crippen molar-refractivity contribution in [3.8, 4) is 0 Å². The number of piperazine rings is 1. The molecular weight excluding hydrogens is 392 g/mol. The number of carbonyl (C=O) groups is 2. The van der Waals surface area contributed by atoms with Gasteiger partial charge in [0, 0.05) is 50.9 Å². The highest BCUT2D eigenvalue weighted by Gasteiger charge is 2.30. The summed E-state index contributed by atoms with van der Waals surface area (Å²) >= 11 is 6.24. The maximum absolute atomic E-state index is 12.3. The molecule has 1 aromatic rings. The molecule has 162 valence electrons. The molecule has 2 rings (SSSR count). The smallest absolute Gasteiger partial charge is 0.410 e. The van der Waals surface area contributed by atoms with E-state index in [9.17, 15) is 9.59 Å². The highest BCUT2D eigenvalue weighted by Crippen LogP contribution is 2.32. The van der Waals surface area contributed by atoms with Gasteiger partial charge in [-0.15, -0.1) is 0 Å². The lowest BCUT2D eigenvalue weighted by atomic mass is 10.0. The van der Waals surface area contributed by atoms with Crippen LogP contribution in [-0.2, 0) is 9.53 Å². The Morgan fingerprint density at radius 1 is 1.17 bits per heavy atom. The van der Waals surface area contributed by atoms with E-state index >= 15 is 0 Å². The first-order chi connectivity index (χ1) is 13.4. The molecule has 1 aliphatic rings. The minimum absolute atomic E-state index is 0.00757. The van der Waals surface area contributed by atoms with Crippen molar-refractivity contribution in [2.45, 2.75) is 66.2 Å². The van der Waals surface area contributed by atoms with E-state index in [-0.39, 0.29) is 24.1 Å². The first-order valence-electron chi connectivity index (χ1n) is 10.1. The molecule has 0 N–H and O–H groups in total. The Morgan fingerprint density at radius 2 is 1.76 bits per heavy atom. The van der Waals surface area contributed by atoms with E-state index in [2.05, 4.69) is 9.88 Å². The molecule has 0 radical (unpaired) electrons. The minimum Gasteiger partial charge on any atom is -0.444 e. The highest BCUT2D eigenvalue weighted by molar-refractivity contribution is 6.30. The summed E-state index contributed by atoms with van der Waals surface area (Å²) < 4.78 is 5.47. The van der Waals surface area contributed by atoms with Crippen molar-refractivity contribution in [3.05, 3.63) is 22.8 Å². The zero-order valence-corrected chi connectivity index (χ0v) is 19.3. The normalized spacial score (nSPS) is 16.0. The quantitative estimate of drug-likeness (QED) is 0.727. The van der Waals surface area contributed by atoms with E-state index in [0.717, 1.165) is 11.4 Å². The standard InChI is InChI=1S/C21H33ClN4O3/c1-14(2)26(16(4)27)15(3)18-12-17(22)13-23-19(18)24-8-10-25(11-9-24)20(28)29-21(5,6)7/h12-15H,8-11H2,1-7H3/t15-/m0/s1. The molecule has 1 aliphatic heterocycles. The van der Waals surface area contributed by atoms with Gasteiger partial charge in [0.25, 0.3) is 0 Å². The molecule has 1 atom stereocenters. The van der Waals surface area contributed by atoms with Crippen molar-refractivity contribution >= 4 is 29.4 Å². The van der Waals surface area contributed by atoms with Gasteiger partial charge in [-0.05, 0) is 47.6 Å². The lowest BCUT2D eigenvalue weighted by Gasteiger charge is -2.39. The third-order valence-electron chi connectivity index (χ3n) is 4.88. The van der Waals surface area contributed by atoms with Crippen molar-refractivity contribution in [2.24, 2.45) is 0 Å². The Hall–Kier alpha value is -2.02. The fourth-order valence-electron chi connectivity index (χ4n) is 3.68. The van der Waals surface area contributed by atoms with Crippen molar-refractivity contribution in [3.63, 3.8) is 0 Å². The number of halogens is 1. The maximum atomic E-state index is 12.3. The van der Waals surface area contributed by atoms with Crippen molar-refractivity contribution in [2.75, 3.05) is 31.1 Å². The van der Waals surface area contributed by atoms with Crippen LogP contribution in [0, 0.1) is 0 Å². The molecule has 0 aliphatic carbocycles. The van der Waals surface area contributed by atoms with Crippen LogP contribution in [0.15, 0.2) is 12.3 Å². The molecule has 8 heteroatoms. The molecule has 1 aromatic heterocycles. The van der Waals surface area contributed by atoms with Gasteiger partial charge in [0.1, 0.15) is 11.4 Å². The van der Waals surface area contributed by atoms with Gasteiger partial charge in [0.05, 0.1) is 11.1 Å². The Morgan fingerprint density at radius 3 is 2.24 bits per heavy atom. The Labute approximate surface area is 179 Å². The van der Waals surface area contributed by atoms with Crippen molar-refractivity contribution in [1.29, 1.82) is 0 Å². The minimum atomic E-state index is -0.512. The first kappa shape index (κ1) is 23.3. The van der Waals surface area contributed by atoms with E-state index in [1.165, 1.54) is 0 Å². The first-order valence-corrected chi connectivity index (χ1v) is 10.5. The lowest BCUT2D eigenvalue weighted by Crippen LogP contribution is -2.50. The number of anilines is 1. The van der Waals surface area contributed by atoms with Gasteiger partial charge in [-0.2, -0.15) is 0 Å². The van der Waals surface area contributed by atoms with Gasteiger partial charge in [-0.1, -0.05) is 11.6 Å². The van der Waals surface area contributed by atoms with Crippen LogP contribution < -0.4 is 4.90 Å². The third-order valence-corrected chi connectivity index (χ3v) is 5.09. The Kier molecular flexibility index (Phi) is 7.38. The number of aromatic nitrogens is 1. The number of carbonyl (C=O) groups excluding carboxylic acids is 2. The van der Waals surface area contributed by atoms with E-state index < -0.39 is 5.60 Å². The van der Waals surface area contributed by atoms with Gasteiger partial charge < -0.3 is 19.4 Å². The molecule has 0 bridgehead atoms. The van der Waals surface area contributed by atoms with E-state index in [0.29, 0.717) is 31.2 Å². The number of hydrogen-bond donors (Lipinski definition) is 0. The molecule has 0 saturated carbocycles. The van der Waals surface area contributed by atoms with Crippen LogP contribution in [0.5, 0.6) is 0 Å². The summed E-state index contributed by atoms with van der Waals surface area (Å²) in [6, 6.07) is 1.77. The monoisotopic (exact) mass is 424 g/mol. The highest BCUT2D eigenvalue weighted by atomic mass is 35.5. The van der Waals surface area contributed by atoms with Crippen LogP contribution in [0.3, 0.4) is 0 Å². The number of hydrogen-bond acceptors (Lipinski definition) is 5. The molecule has 7 nitrogen and oxygen atoms in total. The van der Waals surface area contributed by atoms with Crippen LogP contribution in [0.4, 0.5) is 10.6 Å². The van der Waals surface area contributed by atoms with E-state index in [1.807, 2.05) is 52.5 Å². The molecular formula is C21H33ClN4O3. The lowest BCUT2D eigenvalue weighted by molar-refractivity contribution is -0.132. The SMILES string of the molecule is CC(=O)N(C(C)C)[C@@H](C)c1cc(Cl)cnc1N1CCN(C(=O)OC(C)(C)C)CC1. The van der Waals surface area contributed by atoms with Crippen molar-refractivity contribution < 1.29 is 14.3 Å². The van der Waals surface area contributed by atoms with Crippen LogP contribution >= 0.6 is 11.6 Å². The van der Waals surface area contributed by atoms with E-state index in [4.69, 9.17) is 16.3 Å². The van der Waals surface area contributed by atoms with Crippen LogP contribution in [0.2, 0.25) is 5.02 Å². The fourth-order valence-corrected chi connectivity index (χ4v) is 3.85. The predicted octanol–water partition coefficient (Wildman–Crippen LogP) is 4.11. The summed E-state index contributed by atoms with van der Waals surface area (Å²) in [4.78, 5) is 34.8. The Bertz CT molecular complexity index is 740. The number of amides is 2. The summed E-state index contributed by atoms with van der Waals surface area (Å²) in [5, 5.41) is 0.537. The zero-order valence-electron chi connectivity index (χ0n) is 18.5. The average molecular weight is 425 g/mol. The molecule has 0 unspecified atom stereocenters.